The van der Waals surface area contributed by atoms with Crippen molar-refractivity contribution in [2.24, 2.45) is 0 Å². The summed E-state index contributed by atoms with van der Waals surface area (Å²) in [7, 11) is 2.96. The number of rotatable bonds is 6. The van der Waals surface area contributed by atoms with Gasteiger partial charge in [0.05, 0.1) is 30.8 Å². The number of carbonyl (C=O) groups excluding carboxylic acids is 2. The zero-order valence-electron chi connectivity index (χ0n) is 19.5. The third-order valence-electron chi connectivity index (χ3n) is 5.86. The van der Waals surface area contributed by atoms with Gasteiger partial charge in [-0.25, -0.2) is 9.18 Å². The van der Waals surface area contributed by atoms with Crippen LogP contribution >= 0.6 is 11.6 Å². The summed E-state index contributed by atoms with van der Waals surface area (Å²) in [6.45, 7) is 0.189. The Labute approximate surface area is 211 Å². The van der Waals surface area contributed by atoms with Crippen LogP contribution in [0.1, 0.15) is 6.42 Å². The van der Waals surface area contributed by atoms with Crippen LogP contribution in [0.25, 0.3) is 5.69 Å². The summed E-state index contributed by atoms with van der Waals surface area (Å²) < 4.78 is 26.7. The molecule has 4 rings (SSSR count). The first-order chi connectivity index (χ1) is 17.3. The minimum Gasteiger partial charge on any atom is -0.495 e. The van der Waals surface area contributed by atoms with Gasteiger partial charge in [0.2, 0.25) is 5.91 Å². The minimum absolute atomic E-state index is 0.0846. The van der Waals surface area contributed by atoms with E-state index in [2.05, 4.69) is 10.6 Å². The van der Waals surface area contributed by atoms with Crippen LogP contribution in [0.5, 0.6) is 5.75 Å². The van der Waals surface area contributed by atoms with Crippen molar-refractivity contribution in [3.8, 4) is 11.4 Å². The molecule has 0 aliphatic carbocycles. The van der Waals surface area contributed by atoms with Crippen molar-refractivity contribution < 1.29 is 23.5 Å². The highest BCUT2D eigenvalue weighted by Crippen LogP contribution is 2.25. The first-order valence-corrected chi connectivity index (χ1v) is 11.4. The SMILES string of the molecule is COc1ccc(=O)n(-c2ccc(NC(=O)[C@H]3C[C@@H](OC)CN3C(=O)Nc3ccc(Cl)cc3)c(F)c2)c1. The van der Waals surface area contributed by atoms with Crippen LogP contribution in [0.3, 0.4) is 0 Å². The van der Waals surface area contributed by atoms with Crippen LogP contribution in [0.2, 0.25) is 5.02 Å². The highest BCUT2D eigenvalue weighted by atomic mass is 35.5. The first kappa shape index (κ1) is 25.2. The largest absolute Gasteiger partial charge is 0.495 e. The maximum atomic E-state index is 14.9. The lowest BCUT2D eigenvalue weighted by atomic mass is 10.1. The topological polar surface area (TPSA) is 102 Å². The lowest BCUT2D eigenvalue weighted by Crippen LogP contribution is -2.45. The molecular weight excluding hydrogens is 491 g/mol. The monoisotopic (exact) mass is 514 g/mol. The molecule has 2 heterocycles. The minimum atomic E-state index is -0.887. The highest BCUT2D eigenvalue weighted by Gasteiger charge is 2.40. The quantitative estimate of drug-likeness (QED) is 0.519. The molecule has 2 aromatic carbocycles. The molecule has 11 heteroatoms. The number of aromatic nitrogens is 1. The number of nitrogens with one attached hydrogen (secondary N) is 2. The molecule has 2 N–H and O–H groups in total. The van der Waals surface area contributed by atoms with Gasteiger partial charge in [-0.3, -0.25) is 14.2 Å². The fraction of sp³-hybridized carbons (Fsp3) is 0.240. The molecule has 0 bridgehead atoms. The lowest BCUT2D eigenvalue weighted by Gasteiger charge is -2.24. The number of carbonyl (C=O) groups is 2. The van der Waals surface area contributed by atoms with Crippen LogP contribution in [0.4, 0.5) is 20.6 Å². The third kappa shape index (κ3) is 5.50. The maximum absolute atomic E-state index is 14.9. The molecule has 9 nitrogen and oxygen atoms in total. The average Bonchev–Trinajstić information content (AvgIpc) is 3.32. The summed E-state index contributed by atoms with van der Waals surface area (Å²) in [5.74, 6) is -0.877. The second-order valence-electron chi connectivity index (χ2n) is 8.13. The number of hydrogen-bond acceptors (Lipinski definition) is 5. The van der Waals surface area contributed by atoms with E-state index in [0.29, 0.717) is 16.5 Å². The molecule has 0 radical (unpaired) electrons. The van der Waals surface area contributed by atoms with Gasteiger partial charge in [0.15, 0.2) is 0 Å². The molecule has 1 aromatic heterocycles. The van der Waals surface area contributed by atoms with E-state index in [9.17, 15) is 18.8 Å². The summed E-state index contributed by atoms with van der Waals surface area (Å²) in [4.78, 5) is 39.5. The van der Waals surface area contributed by atoms with E-state index in [1.807, 2.05) is 0 Å². The standard InChI is InChI=1S/C25H24ClFN4O5/c1-35-18-8-10-23(32)30(13-18)17-7-9-21(20(27)11-17)29-24(33)22-12-19(36-2)14-31(22)25(34)28-16-5-3-15(26)4-6-16/h3-11,13,19,22H,12,14H2,1-2H3,(H,28,34)(H,29,33)/t19-,22-/m1/s1. The number of anilines is 2. The zero-order chi connectivity index (χ0) is 25.8. The molecule has 0 saturated carbocycles. The third-order valence-corrected chi connectivity index (χ3v) is 6.12. The molecule has 1 aliphatic heterocycles. The number of benzene rings is 2. The molecular formula is C25H24ClFN4O5. The van der Waals surface area contributed by atoms with Crippen molar-refractivity contribution >= 4 is 34.9 Å². The van der Waals surface area contributed by atoms with Gasteiger partial charge in [-0.15, -0.1) is 0 Å². The highest BCUT2D eigenvalue weighted by molar-refractivity contribution is 6.30. The number of ether oxygens (including phenoxy) is 2. The van der Waals surface area contributed by atoms with Crippen LogP contribution in [0.15, 0.2) is 65.6 Å². The summed E-state index contributed by atoms with van der Waals surface area (Å²) in [6.07, 6.45) is 1.33. The van der Waals surface area contributed by atoms with Gasteiger partial charge >= 0.3 is 6.03 Å². The van der Waals surface area contributed by atoms with Crippen molar-refractivity contribution in [1.29, 1.82) is 0 Å². The Morgan fingerprint density at radius 2 is 1.81 bits per heavy atom. The van der Waals surface area contributed by atoms with E-state index in [-0.39, 0.29) is 36.0 Å². The predicted molar refractivity (Wildman–Crippen MR) is 134 cm³/mol. The van der Waals surface area contributed by atoms with Gasteiger partial charge in [-0.05, 0) is 42.5 Å². The van der Waals surface area contributed by atoms with Gasteiger partial charge in [-0.1, -0.05) is 11.6 Å². The molecule has 1 saturated heterocycles. The molecule has 36 heavy (non-hydrogen) atoms. The fourth-order valence-corrected chi connectivity index (χ4v) is 4.06. The smallest absolute Gasteiger partial charge is 0.322 e. The van der Waals surface area contributed by atoms with Crippen LogP contribution < -0.4 is 20.9 Å². The van der Waals surface area contributed by atoms with E-state index in [1.54, 1.807) is 24.3 Å². The van der Waals surface area contributed by atoms with E-state index >= 15 is 0 Å². The number of nitrogens with zero attached hydrogens (tertiary/aromatic N) is 2. The Hall–Kier alpha value is -3.89. The van der Waals surface area contributed by atoms with Gasteiger partial charge in [0.25, 0.3) is 5.56 Å². The Kier molecular flexibility index (Phi) is 7.56. The maximum Gasteiger partial charge on any atom is 0.322 e. The van der Waals surface area contributed by atoms with E-state index < -0.39 is 23.8 Å². The molecule has 2 atom stereocenters. The molecule has 0 spiro atoms. The van der Waals surface area contributed by atoms with Crippen molar-refractivity contribution in [1.82, 2.24) is 9.47 Å². The Bertz CT molecular complexity index is 1330. The van der Waals surface area contributed by atoms with Gasteiger partial charge < -0.3 is 25.0 Å². The number of hydrogen-bond donors (Lipinski definition) is 2. The Balaban J connectivity index is 1.51. The molecule has 3 amide bonds. The average molecular weight is 515 g/mol. The normalized spacial score (nSPS) is 17.1. The van der Waals surface area contributed by atoms with E-state index in [4.69, 9.17) is 21.1 Å². The Morgan fingerprint density at radius 3 is 2.47 bits per heavy atom. The number of halogens is 2. The lowest BCUT2D eigenvalue weighted by molar-refractivity contribution is -0.119. The number of likely N-dealkylation sites (tertiary alicyclic amines) is 1. The second-order valence-corrected chi connectivity index (χ2v) is 8.57. The predicted octanol–water partition coefficient (Wildman–Crippen LogP) is 3.90. The molecule has 0 unspecified atom stereocenters. The van der Waals surface area contributed by atoms with Crippen molar-refractivity contribution in [2.75, 3.05) is 31.4 Å². The van der Waals surface area contributed by atoms with Gasteiger partial charge in [0.1, 0.15) is 17.6 Å². The Morgan fingerprint density at radius 1 is 1.06 bits per heavy atom. The van der Waals surface area contributed by atoms with Gasteiger partial charge in [-0.2, -0.15) is 0 Å². The molecule has 188 valence electrons. The number of amides is 3. The second kappa shape index (κ2) is 10.8. The summed E-state index contributed by atoms with van der Waals surface area (Å²) in [5, 5.41) is 5.80. The van der Waals surface area contributed by atoms with Gasteiger partial charge in [0, 0.05) is 42.9 Å². The fourth-order valence-electron chi connectivity index (χ4n) is 3.93. The summed E-state index contributed by atoms with van der Waals surface area (Å²) in [6, 6.07) is 12.0. The molecule has 1 fully saturated rings. The summed E-state index contributed by atoms with van der Waals surface area (Å²) in [5.41, 5.74) is 0.321. The van der Waals surface area contributed by atoms with Crippen LogP contribution in [0, 0.1) is 5.82 Å². The summed E-state index contributed by atoms with van der Waals surface area (Å²) >= 11 is 5.89. The van der Waals surface area contributed by atoms with Crippen molar-refractivity contribution in [3.05, 3.63) is 82.0 Å². The first-order valence-electron chi connectivity index (χ1n) is 11.0. The van der Waals surface area contributed by atoms with E-state index in [0.717, 1.165) is 6.07 Å². The molecule has 3 aromatic rings. The number of urea groups is 1. The van der Waals surface area contributed by atoms with Crippen LogP contribution in [-0.4, -0.2) is 54.3 Å². The van der Waals surface area contributed by atoms with Crippen molar-refractivity contribution in [2.45, 2.75) is 18.6 Å². The van der Waals surface area contributed by atoms with E-state index in [1.165, 1.54) is 54.1 Å². The zero-order valence-corrected chi connectivity index (χ0v) is 20.3. The van der Waals surface area contributed by atoms with Crippen LogP contribution in [-0.2, 0) is 9.53 Å². The number of methoxy groups -OCH3 is 2. The number of pyridine rings is 1. The van der Waals surface area contributed by atoms with Crippen molar-refractivity contribution in [3.63, 3.8) is 0 Å². The molecule has 1 aliphatic rings.